The van der Waals surface area contributed by atoms with Crippen molar-refractivity contribution in [1.29, 1.82) is 0 Å². The maximum Gasteiger partial charge on any atom is 0.119 e. The summed E-state index contributed by atoms with van der Waals surface area (Å²) in [6, 6.07) is 16.0. The third-order valence-corrected chi connectivity index (χ3v) is 5.83. The van der Waals surface area contributed by atoms with Crippen molar-refractivity contribution < 1.29 is 4.74 Å². The molecule has 4 aromatic rings. The quantitative estimate of drug-likeness (QED) is 0.232. The van der Waals surface area contributed by atoms with Crippen molar-refractivity contribution >= 4 is 39.1 Å². The molecule has 0 amide bonds. The van der Waals surface area contributed by atoms with Crippen molar-refractivity contribution in [3.63, 3.8) is 0 Å². The molecular formula is C26H29ClN4O. The Morgan fingerprint density at radius 3 is 2.59 bits per heavy atom. The maximum atomic E-state index is 6.24. The number of pyridine rings is 2. The first-order valence-electron chi connectivity index (χ1n) is 11.1. The number of hydrogen-bond donors (Lipinski definition) is 1. The highest BCUT2D eigenvalue weighted by Gasteiger charge is 2.11. The third-order valence-electron chi connectivity index (χ3n) is 5.59. The molecule has 0 aliphatic heterocycles. The summed E-state index contributed by atoms with van der Waals surface area (Å²) in [6.45, 7) is 6.15. The van der Waals surface area contributed by atoms with E-state index in [1.807, 2.05) is 48.8 Å². The second-order valence-electron chi connectivity index (χ2n) is 7.94. The summed E-state index contributed by atoms with van der Waals surface area (Å²) in [5, 5.41) is 6.50. The van der Waals surface area contributed by atoms with Crippen LogP contribution in [0.5, 0.6) is 5.75 Å². The van der Waals surface area contributed by atoms with E-state index in [4.69, 9.17) is 21.3 Å². The molecule has 4 rings (SSSR count). The zero-order valence-corrected chi connectivity index (χ0v) is 19.4. The second-order valence-corrected chi connectivity index (χ2v) is 8.38. The van der Waals surface area contributed by atoms with E-state index in [9.17, 15) is 0 Å². The van der Waals surface area contributed by atoms with Gasteiger partial charge in [0.15, 0.2) is 0 Å². The van der Waals surface area contributed by atoms with E-state index < -0.39 is 0 Å². The topological polar surface area (TPSA) is 50.3 Å². The molecule has 0 unspecified atom stereocenters. The molecule has 6 heteroatoms. The van der Waals surface area contributed by atoms with Gasteiger partial charge in [-0.25, -0.2) is 4.98 Å². The lowest BCUT2D eigenvalue weighted by atomic mass is 10.1. The fourth-order valence-corrected chi connectivity index (χ4v) is 4.23. The first-order valence-corrected chi connectivity index (χ1v) is 11.5. The van der Waals surface area contributed by atoms with Crippen LogP contribution in [0.25, 0.3) is 21.8 Å². The minimum atomic E-state index is 0.690. The number of nitrogens with one attached hydrogen (secondary N) is 1. The van der Waals surface area contributed by atoms with E-state index in [1.165, 1.54) is 5.56 Å². The smallest absolute Gasteiger partial charge is 0.119 e. The highest BCUT2D eigenvalue weighted by molar-refractivity contribution is 6.31. The minimum absolute atomic E-state index is 0.690. The Kier molecular flexibility index (Phi) is 7.40. The number of nitrogens with zero attached hydrogens (tertiary/aromatic N) is 3. The molecule has 0 aliphatic carbocycles. The van der Waals surface area contributed by atoms with Gasteiger partial charge in [0.05, 0.1) is 23.8 Å². The number of benzene rings is 2. The zero-order chi connectivity index (χ0) is 22.3. The lowest BCUT2D eigenvalue weighted by Crippen LogP contribution is -2.26. The van der Waals surface area contributed by atoms with Gasteiger partial charge in [-0.1, -0.05) is 18.5 Å². The molecule has 166 valence electrons. The number of hydrogen-bond acceptors (Lipinski definition) is 5. The van der Waals surface area contributed by atoms with Gasteiger partial charge in [0, 0.05) is 47.8 Å². The minimum Gasteiger partial charge on any atom is -0.497 e. The number of anilines is 1. The zero-order valence-electron chi connectivity index (χ0n) is 18.6. The van der Waals surface area contributed by atoms with Crippen LogP contribution in [0.3, 0.4) is 0 Å². The van der Waals surface area contributed by atoms with Gasteiger partial charge in [-0.05, 0) is 73.5 Å². The molecule has 32 heavy (non-hydrogen) atoms. The second kappa shape index (κ2) is 10.6. The molecule has 0 spiro atoms. The van der Waals surface area contributed by atoms with Gasteiger partial charge in [0.25, 0.3) is 0 Å². The summed E-state index contributed by atoms with van der Waals surface area (Å²) in [5.74, 6) is 0.821. The maximum absolute atomic E-state index is 6.24. The summed E-state index contributed by atoms with van der Waals surface area (Å²) in [7, 11) is 1.69. The molecule has 1 N–H and O–H groups in total. The molecule has 2 heterocycles. The Hall–Kier alpha value is -2.89. The van der Waals surface area contributed by atoms with E-state index in [1.54, 1.807) is 7.11 Å². The number of rotatable bonds is 10. The summed E-state index contributed by atoms with van der Waals surface area (Å²) < 4.78 is 5.46. The van der Waals surface area contributed by atoms with Crippen LogP contribution in [-0.2, 0) is 6.54 Å². The standard InChI is InChI=1S/C26H29ClN4O/c1-3-14-31(18-19-9-12-28-13-10-19)15-4-11-29-26-22-7-5-20(27)16-25(22)30-24-8-6-21(32-2)17-23(24)26/h5-10,12-13,16-17H,3-4,11,14-15,18H2,1-2H3,(H,29,30). The van der Waals surface area contributed by atoms with Crippen LogP contribution in [0, 0.1) is 0 Å². The molecule has 0 aliphatic rings. The van der Waals surface area contributed by atoms with Crippen molar-refractivity contribution in [3.05, 3.63) is 71.5 Å². The van der Waals surface area contributed by atoms with Crippen LogP contribution in [0.2, 0.25) is 5.02 Å². The molecule has 0 saturated heterocycles. The van der Waals surface area contributed by atoms with Crippen LogP contribution < -0.4 is 10.1 Å². The molecule has 5 nitrogen and oxygen atoms in total. The van der Waals surface area contributed by atoms with Gasteiger partial charge in [-0.3, -0.25) is 9.88 Å². The average molecular weight is 449 g/mol. The first kappa shape index (κ1) is 22.3. The molecule has 0 bridgehead atoms. The van der Waals surface area contributed by atoms with Crippen LogP contribution in [0.4, 0.5) is 5.69 Å². The SMILES string of the molecule is CCCN(CCCNc1c2ccc(Cl)cc2nc2ccc(OC)cc12)Cc1ccncc1. The number of aromatic nitrogens is 2. The lowest BCUT2D eigenvalue weighted by molar-refractivity contribution is 0.265. The van der Waals surface area contributed by atoms with E-state index in [2.05, 4.69) is 34.3 Å². The number of halogens is 1. The Morgan fingerprint density at radius 2 is 1.81 bits per heavy atom. The van der Waals surface area contributed by atoms with Gasteiger partial charge < -0.3 is 10.1 Å². The van der Waals surface area contributed by atoms with Gasteiger partial charge in [0.2, 0.25) is 0 Å². The number of fused-ring (bicyclic) bond motifs is 2. The molecule has 0 fully saturated rings. The van der Waals surface area contributed by atoms with E-state index in [0.29, 0.717) is 5.02 Å². The summed E-state index contributed by atoms with van der Waals surface area (Å²) in [4.78, 5) is 11.4. The Labute approximate surface area is 194 Å². The normalized spacial score (nSPS) is 11.4. The lowest BCUT2D eigenvalue weighted by Gasteiger charge is -2.22. The van der Waals surface area contributed by atoms with Crippen molar-refractivity contribution in [2.75, 3.05) is 32.1 Å². The predicted octanol–water partition coefficient (Wildman–Crippen LogP) is 6.16. The Bertz CT molecular complexity index is 1180. The molecule has 0 radical (unpaired) electrons. The average Bonchev–Trinajstić information content (AvgIpc) is 2.81. The molecular weight excluding hydrogens is 420 g/mol. The van der Waals surface area contributed by atoms with Gasteiger partial charge >= 0.3 is 0 Å². The fraction of sp³-hybridized carbons (Fsp3) is 0.308. The number of methoxy groups -OCH3 is 1. The van der Waals surface area contributed by atoms with Crippen molar-refractivity contribution in [1.82, 2.24) is 14.9 Å². The van der Waals surface area contributed by atoms with Gasteiger partial charge in [0.1, 0.15) is 5.75 Å². The van der Waals surface area contributed by atoms with E-state index in [-0.39, 0.29) is 0 Å². The summed E-state index contributed by atoms with van der Waals surface area (Å²) >= 11 is 6.24. The third kappa shape index (κ3) is 5.29. The Morgan fingerprint density at radius 1 is 0.969 bits per heavy atom. The van der Waals surface area contributed by atoms with Crippen molar-refractivity contribution in [2.45, 2.75) is 26.3 Å². The van der Waals surface area contributed by atoms with E-state index in [0.717, 1.165) is 72.3 Å². The highest BCUT2D eigenvalue weighted by Crippen LogP contribution is 2.34. The summed E-state index contributed by atoms with van der Waals surface area (Å²) in [5.41, 5.74) is 4.20. The summed E-state index contributed by atoms with van der Waals surface area (Å²) in [6.07, 6.45) is 5.90. The Balaban J connectivity index is 1.52. The van der Waals surface area contributed by atoms with Gasteiger partial charge in [-0.15, -0.1) is 0 Å². The van der Waals surface area contributed by atoms with Crippen molar-refractivity contribution in [2.24, 2.45) is 0 Å². The van der Waals surface area contributed by atoms with Crippen LogP contribution in [0.15, 0.2) is 60.9 Å². The van der Waals surface area contributed by atoms with E-state index >= 15 is 0 Å². The largest absolute Gasteiger partial charge is 0.497 e. The van der Waals surface area contributed by atoms with Crippen molar-refractivity contribution in [3.8, 4) is 5.75 Å². The predicted molar refractivity (Wildman–Crippen MR) is 134 cm³/mol. The van der Waals surface area contributed by atoms with Crippen LogP contribution in [-0.4, -0.2) is 41.6 Å². The molecule has 2 aromatic carbocycles. The van der Waals surface area contributed by atoms with Gasteiger partial charge in [-0.2, -0.15) is 0 Å². The molecule has 0 saturated carbocycles. The first-order chi connectivity index (χ1) is 15.7. The number of ether oxygens (including phenoxy) is 1. The molecule has 2 aromatic heterocycles. The van der Waals surface area contributed by atoms with Crippen LogP contribution in [0.1, 0.15) is 25.3 Å². The van der Waals surface area contributed by atoms with Crippen LogP contribution >= 0.6 is 11.6 Å². The monoisotopic (exact) mass is 448 g/mol. The fourth-order valence-electron chi connectivity index (χ4n) is 4.06. The molecule has 0 atom stereocenters. The highest BCUT2D eigenvalue weighted by atomic mass is 35.5.